The Bertz CT molecular complexity index is 677. The van der Waals surface area contributed by atoms with Crippen LogP contribution in [-0.4, -0.2) is 20.7 Å². The molecule has 108 valence electrons. The standard InChI is InChI=1S/C11H12FN3O4S/c1-18-11-9(12)4-8(5-10(11)13)20(16,17)15-6-7-2-3-14-19-7/h2-5,15H,6,13H2,1H3. The number of ether oxygens (including phenoxy) is 1. The van der Waals surface area contributed by atoms with Crippen LogP contribution in [0.1, 0.15) is 5.76 Å². The van der Waals surface area contributed by atoms with Gasteiger partial charge in [0.2, 0.25) is 10.0 Å². The van der Waals surface area contributed by atoms with Gasteiger partial charge in [-0.05, 0) is 12.1 Å². The Kier molecular flexibility index (Phi) is 3.91. The molecule has 0 aliphatic heterocycles. The highest BCUT2D eigenvalue weighted by Gasteiger charge is 2.19. The van der Waals surface area contributed by atoms with Crippen LogP contribution in [0.25, 0.3) is 0 Å². The summed E-state index contributed by atoms with van der Waals surface area (Å²) in [5, 5.41) is 3.44. The quantitative estimate of drug-likeness (QED) is 0.794. The van der Waals surface area contributed by atoms with Gasteiger partial charge in [-0.25, -0.2) is 17.5 Å². The number of nitrogens with one attached hydrogen (secondary N) is 1. The van der Waals surface area contributed by atoms with E-state index in [0.717, 1.165) is 12.1 Å². The molecule has 0 bridgehead atoms. The van der Waals surface area contributed by atoms with Gasteiger partial charge in [-0.15, -0.1) is 0 Å². The summed E-state index contributed by atoms with van der Waals surface area (Å²) in [5.41, 5.74) is 5.43. The zero-order valence-electron chi connectivity index (χ0n) is 10.5. The second kappa shape index (κ2) is 5.47. The van der Waals surface area contributed by atoms with Crippen molar-refractivity contribution < 1.29 is 22.1 Å². The predicted molar refractivity (Wildman–Crippen MR) is 67.9 cm³/mol. The summed E-state index contributed by atoms with van der Waals surface area (Å²) in [6.45, 7) is -0.101. The molecular weight excluding hydrogens is 289 g/mol. The Hall–Kier alpha value is -2.13. The molecule has 0 unspecified atom stereocenters. The van der Waals surface area contributed by atoms with Crippen molar-refractivity contribution in [2.24, 2.45) is 0 Å². The molecule has 9 heteroatoms. The minimum absolute atomic E-state index is 0.101. The number of aromatic nitrogens is 1. The number of methoxy groups -OCH3 is 1. The molecule has 0 aliphatic carbocycles. The molecule has 0 fully saturated rings. The van der Waals surface area contributed by atoms with Gasteiger partial charge in [0.25, 0.3) is 0 Å². The Morgan fingerprint density at radius 2 is 2.25 bits per heavy atom. The number of rotatable bonds is 5. The van der Waals surface area contributed by atoms with Crippen molar-refractivity contribution >= 4 is 15.7 Å². The molecule has 2 rings (SSSR count). The van der Waals surface area contributed by atoms with Gasteiger partial charge in [-0.1, -0.05) is 5.16 Å². The van der Waals surface area contributed by atoms with Crippen LogP contribution in [-0.2, 0) is 16.6 Å². The number of nitrogens with zero attached hydrogens (tertiary/aromatic N) is 1. The molecule has 0 saturated carbocycles. The van der Waals surface area contributed by atoms with E-state index in [1.54, 1.807) is 0 Å². The molecular formula is C11H12FN3O4S. The normalized spacial score (nSPS) is 11.5. The monoisotopic (exact) mass is 301 g/mol. The van der Waals surface area contributed by atoms with E-state index < -0.39 is 15.8 Å². The number of nitrogen functional groups attached to an aromatic ring is 1. The van der Waals surface area contributed by atoms with Crippen LogP contribution in [0.3, 0.4) is 0 Å². The second-order valence-electron chi connectivity index (χ2n) is 3.83. The first-order chi connectivity index (χ1) is 9.44. The van der Waals surface area contributed by atoms with Gasteiger partial charge in [0.05, 0.1) is 30.4 Å². The third-order valence-corrected chi connectivity index (χ3v) is 3.87. The minimum atomic E-state index is -3.92. The van der Waals surface area contributed by atoms with Crippen LogP contribution in [0.4, 0.5) is 10.1 Å². The summed E-state index contributed by atoms with van der Waals surface area (Å²) in [6.07, 6.45) is 1.38. The first kappa shape index (κ1) is 14.3. The van der Waals surface area contributed by atoms with E-state index in [1.807, 2.05) is 0 Å². The number of hydrogen-bond acceptors (Lipinski definition) is 6. The Morgan fingerprint density at radius 1 is 1.50 bits per heavy atom. The fourth-order valence-corrected chi connectivity index (χ4v) is 2.58. The maximum atomic E-state index is 13.6. The van der Waals surface area contributed by atoms with E-state index >= 15 is 0 Å². The maximum absolute atomic E-state index is 13.6. The number of nitrogens with two attached hydrogens (primary N) is 1. The van der Waals surface area contributed by atoms with E-state index in [9.17, 15) is 12.8 Å². The Labute approximate surface area is 114 Å². The first-order valence-corrected chi connectivity index (χ1v) is 6.94. The molecule has 20 heavy (non-hydrogen) atoms. The van der Waals surface area contributed by atoms with Crippen molar-refractivity contribution in [3.05, 3.63) is 36.0 Å². The minimum Gasteiger partial charge on any atom is -0.492 e. The van der Waals surface area contributed by atoms with E-state index in [-0.39, 0.29) is 22.9 Å². The van der Waals surface area contributed by atoms with Gasteiger partial charge >= 0.3 is 0 Å². The van der Waals surface area contributed by atoms with Gasteiger partial charge < -0.3 is 15.0 Å². The molecule has 0 spiro atoms. The van der Waals surface area contributed by atoms with Crippen molar-refractivity contribution in [1.82, 2.24) is 9.88 Å². The van der Waals surface area contributed by atoms with Crippen LogP contribution in [0, 0.1) is 5.82 Å². The van der Waals surface area contributed by atoms with E-state index in [1.165, 1.54) is 19.4 Å². The number of hydrogen-bond donors (Lipinski definition) is 2. The van der Waals surface area contributed by atoms with Crippen molar-refractivity contribution in [2.75, 3.05) is 12.8 Å². The molecule has 0 amide bonds. The number of anilines is 1. The lowest BCUT2D eigenvalue weighted by Gasteiger charge is -2.09. The Balaban J connectivity index is 2.25. The van der Waals surface area contributed by atoms with Crippen molar-refractivity contribution in [1.29, 1.82) is 0 Å². The molecule has 2 aromatic rings. The molecule has 7 nitrogen and oxygen atoms in total. The summed E-state index contributed by atoms with van der Waals surface area (Å²) >= 11 is 0. The van der Waals surface area contributed by atoms with Crippen LogP contribution >= 0.6 is 0 Å². The van der Waals surface area contributed by atoms with Gasteiger partial charge in [0, 0.05) is 6.07 Å². The van der Waals surface area contributed by atoms with E-state index in [2.05, 4.69) is 9.88 Å². The van der Waals surface area contributed by atoms with Gasteiger partial charge in [-0.2, -0.15) is 0 Å². The first-order valence-electron chi connectivity index (χ1n) is 5.46. The lowest BCUT2D eigenvalue weighted by atomic mass is 10.3. The highest BCUT2D eigenvalue weighted by Crippen LogP contribution is 2.28. The van der Waals surface area contributed by atoms with Crippen molar-refractivity contribution in [3.63, 3.8) is 0 Å². The van der Waals surface area contributed by atoms with E-state index in [0.29, 0.717) is 5.76 Å². The smallest absolute Gasteiger partial charge is 0.241 e. The second-order valence-corrected chi connectivity index (χ2v) is 5.60. The van der Waals surface area contributed by atoms with E-state index in [4.69, 9.17) is 15.0 Å². The molecule has 1 aromatic carbocycles. The molecule has 1 aromatic heterocycles. The highest BCUT2D eigenvalue weighted by molar-refractivity contribution is 7.89. The summed E-state index contributed by atoms with van der Waals surface area (Å²) in [4.78, 5) is -0.298. The molecule has 1 heterocycles. The lowest BCUT2D eigenvalue weighted by Crippen LogP contribution is -2.23. The highest BCUT2D eigenvalue weighted by atomic mass is 32.2. The third-order valence-electron chi connectivity index (χ3n) is 2.49. The summed E-state index contributed by atoms with van der Waals surface area (Å²) in [6, 6.07) is 3.45. The molecule has 3 N–H and O–H groups in total. The van der Waals surface area contributed by atoms with Gasteiger partial charge in [0.1, 0.15) is 0 Å². The van der Waals surface area contributed by atoms with Crippen LogP contribution in [0.2, 0.25) is 0 Å². The number of halogens is 1. The van der Waals surface area contributed by atoms with Crippen LogP contribution < -0.4 is 15.2 Å². The number of benzene rings is 1. The van der Waals surface area contributed by atoms with Gasteiger partial charge in [-0.3, -0.25) is 0 Å². The molecule has 0 saturated heterocycles. The zero-order valence-corrected chi connectivity index (χ0v) is 11.3. The third kappa shape index (κ3) is 2.89. The van der Waals surface area contributed by atoms with Crippen molar-refractivity contribution in [3.8, 4) is 5.75 Å². The largest absolute Gasteiger partial charge is 0.492 e. The molecule has 0 aliphatic rings. The fraction of sp³-hybridized carbons (Fsp3) is 0.182. The molecule has 0 radical (unpaired) electrons. The zero-order chi connectivity index (χ0) is 14.8. The summed E-state index contributed by atoms with van der Waals surface area (Å²) < 4.78 is 49.3. The Morgan fingerprint density at radius 3 is 2.80 bits per heavy atom. The fourth-order valence-electron chi connectivity index (χ4n) is 1.54. The predicted octanol–water partition coefficient (Wildman–Crippen LogP) is 0.883. The average Bonchev–Trinajstić information content (AvgIpc) is 2.89. The van der Waals surface area contributed by atoms with Crippen LogP contribution in [0.5, 0.6) is 5.75 Å². The topological polar surface area (TPSA) is 107 Å². The molecule has 0 atom stereocenters. The lowest BCUT2D eigenvalue weighted by molar-refractivity contribution is 0.380. The SMILES string of the molecule is COc1c(N)cc(S(=O)(=O)NCc2ccno2)cc1F. The average molecular weight is 301 g/mol. The summed E-state index contributed by atoms with van der Waals surface area (Å²) in [7, 11) is -2.68. The number of sulfonamides is 1. The van der Waals surface area contributed by atoms with Crippen LogP contribution in [0.15, 0.2) is 33.8 Å². The van der Waals surface area contributed by atoms with Crippen molar-refractivity contribution in [2.45, 2.75) is 11.4 Å². The summed E-state index contributed by atoms with van der Waals surface area (Å²) in [5.74, 6) is -0.720. The van der Waals surface area contributed by atoms with Gasteiger partial charge in [0.15, 0.2) is 17.3 Å². The maximum Gasteiger partial charge on any atom is 0.241 e.